The van der Waals surface area contributed by atoms with Gasteiger partial charge in [-0.3, -0.25) is 4.79 Å². The van der Waals surface area contributed by atoms with E-state index < -0.39 is 5.97 Å². The summed E-state index contributed by atoms with van der Waals surface area (Å²) in [6.07, 6.45) is 2.42. The van der Waals surface area contributed by atoms with Crippen LogP contribution in [0.4, 0.5) is 0 Å². The molecule has 1 saturated heterocycles. The van der Waals surface area contributed by atoms with Crippen LogP contribution in [-0.4, -0.2) is 24.3 Å². The van der Waals surface area contributed by atoms with Crippen LogP contribution >= 0.6 is 11.3 Å². The molecule has 0 bridgehead atoms. The number of thiophene rings is 1. The molecule has 2 rings (SSSR count). The number of hydrogen-bond acceptors (Lipinski definition) is 3. The van der Waals surface area contributed by atoms with Crippen molar-refractivity contribution in [1.82, 2.24) is 0 Å². The molecule has 0 aliphatic carbocycles. The van der Waals surface area contributed by atoms with E-state index in [4.69, 9.17) is 4.74 Å². The van der Waals surface area contributed by atoms with Crippen LogP contribution in [0, 0.1) is 11.8 Å². The molecule has 0 radical (unpaired) electrons. The third-order valence-electron chi connectivity index (χ3n) is 3.15. The summed E-state index contributed by atoms with van der Waals surface area (Å²) in [4.78, 5) is 12.5. The molecule has 1 aliphatic rings. The van der Waals surface area contributed by atoms with Gasteiger partial charge in [-0.25, -0.2) is 0 Å². The average molecular weight is 240 g/mol. The van der Waals surface area contributed by atoms with Gasteiger partial charge in [0, 0.05) is 18.1 Å². The maximum atomic E-state index is 11.3. The third kappa shape index (κ3) is 2.83. The number of carbonyl (C=O) groups is 1. The van der Waals surface area contributed by atoms with E-state index in [0.717, 1.165) is 12.8 Å². The Morgan fingerprint density at radius 1 is 1.56 bits per heavy atom. The second-order valence-corrected chi connectivity index (χ2v) is 5.21. The lowest BCUT2D eigenvalue weighted by molar-refractivity contribution is -0.144. The summed E-state index contributed by atoms with van der Waals surface area (Å²) in [6.45, 7) is 1.41. The zero-order chi connectivity index (χ0) is 11.4. The summed E-state index contributed by atoms with van der Waals surface area (Å²) in [5.41, 5.74) is 0. The van der Waals surface area contributed by atoms with Crippen LogP contribution in [0.25, 0.3) is 0 Å². The van der Waals surface area contributed by atoms with Crippen LogP contribution in [0.3, 0.4) is 0 Å². The predicted octanol–water partition coefficient (Wildman–Crippen LogP) is 2.42. The normalized spacial score (nSPS) is 19.5. The van der Waals surface area contributed by atoms with Gasteiger partial charge in [0.2, 0.25) is 0 Å². The highest BCUT2D eigenvalue weighted by atomic mass is 32.1. The fourth-order valence-electron chi connectivity index (χ4n) is 2.22. The van der Waals surface area contributed by atoms with Crippen molar-refractivity contribution in [2.45, 2.75) is 19.3 Å². The molecule has 1 aliphatic heterocycles. The second-order valence-electron chi connectivity index (χ2n) is 4.18. The molecule has 0 amide bonds. The van der Waals surface area contributed by atoms with Crippen molar-refractivity contribution in [3.8, 4) is 0 Å². The van der Waals surface area contributed by atoms with Gasteiger partial charge in [0.15, 0.2) is 0 Å². The predicted molar refractivity (Wildman–Crippen MR) is 62.7 cm³/mol. The van der Waals surface area contributed by atoms with Crippen LogP contribution < -0.4 is 0 Å². The minimum Gasteiger partial charge on any atom is -0.481 e. The first-order chi connectivity index (χ1) is 7.77. The summed E-state index contributed by atoms with van der Waals surface area (Å²) in [7, 11) is 0. The van der Waals surface area contributed by atoms with Crippen molar-refractivity contribution in [2.24, 2.45) is 11.8 Å². The molecule has 0 aromatic carbocycles. The van der Waals surface area contributed by atoms with E-state index in [-0.39, 0.29) is 11.8 Å². The van der Waals surface area contributed by atoms with Crippen molar-refractivity contribution in [3.05, 3.63) is 22.4 Å². The lowest BCUT2D eigenvalue weighted by Gasteiger charge is -2.27. The molecule has 1 fully saturated rings. The Labute approximate surface area is 99.1 Å². The third-order valence-corrected chi connectivity index (χ3v) is 4.05. The standard InChI is InChI=1S/C12H16O3S/c13-12(14)11(8-10-2-1-7-16-10)9-3-5-15-6-4-9/h1-2,7,9,11H,3-6,8H2,(H,13,14). The van der Waals surface area contributed by atoms with Crippen molar-refractivity contribution in [3.63, 3.8) is 0 Å². The molecule has 1 atom stereocenters. The summed E-state index contributed by atoms with van der Waals surface area (Å²) in [5.74, 6) is -0.642. The Morgan fingerprint density at radius 2 is 2.31 bits per heavy atom. The van der Waals surface area contributed by atoms with Crippen molar-refractivity contribution >= 4 is 17.3 Å². The number of carboxylic acid groups (broad SMARTS) is 1. The van der Waals surface area contributed by atoms with Gasteiger partial charge in [-0.2, -0.15) is 0 Å². The highest BCUT2D eigenvalue weighted by Gasteiger charge is 2.29. The van der Waals surface area contributed by atoms with Crippen molar-refractivity contribution < 1.29 is 14.6 Å². The van der Waals surface area contributed by atoms with Gasteiger partial charge >= 0.3 is 5.97 Å². The van der Waals surface area contributed by atoms with Gasteiger partial charge in [-0.1, -0.05) is 6.07 Å². The zero-order valence-corrected chi connectivity index (χ0v) is 9.91. The minimum absolute atomic E-state index is 0.248. The van der Waals surface area contributed by atoms with Crippen LogP contribution in [0.1, 0.15) is 17.7 Å². The first kappa shape index (κ1) is 11.6. The maximum absolute atomic E-state index is 11.3. The topological polar surface area (TPSA) is 46.5 Å². The Hall–Kier alpha value is -0.870. The summed E-state index contributed by atoms with van der Waals surface area (Å²) < 4.78 is 5.27. The second kappa shape index (κ2) is 5.46. The molecule has 88 valence electrons. The molecule has 1 N–H and O–H groups in total. The minimum atomic E-state index is -0.666. The first-order valence-electron chi connectivity index (χ1n) is 5.60. The van der Waals surface area contributed by atoms with Crippen molar-refractivity contribution in [1.29, 1.82) is 0 Å². The highest BCUT2D eigenvalue weighted by Crippen LogP contribution is 2.28. The lowest BCUT2D eigenvalue weighted by Crippen LogP contribution is -2.30. The number of rotatable bonds is 4. The van der Waals surface area contributed by atoms with E-state index in [1.807, 2.05) is 17.5 Å². The van der Waals surface area contributed by atoms with Crippen LogP contribution in [0.5, 0.6) is 0 Å². The van der Waals surface area contributed by atoms with E-state index in [9.17, 15) is 9.90 Å². The summed E-state index contributed by atoms with van der Waals surface area (Å²) in [5, 5.41) is 11.3. The molecule has 1 unspecified atom stereocenters. The Kier molecular flexibility index (Phi) is 3.96. The first-order valence-corrected chi connectivity index (χ1v) is 6.48. The Balaban J connectivity index is 2.01. The molecule has 1 aromatic heterocycles. The van der Waals surface area contributed by atoms with E-state index in [1.54, 1.807) is 11.3 Å². The molecule has 0 spiro atoms. The van der Waals surface area contributed by atoms with Gasteiger partial charge < -0.3 is 9.84 Å². The Morgan fingerprint density at radius 3 is 2.88 bits per heavy atom. The largest absolute Gasteiger partial charge is 0.481 e. The van der Waals surface area contributed by atoms with Crippen LogP contribution in [0.15, 0.2) is 17.5 Å². The fraction of sp³-hybridized carbons (Fsp3) is 0.583. The number of hydrogen-bond donors (Lipinski definition) is 1. The van der Waals surface area contributed by atoms with Gasteiger partial charge in [0.25, 0.3) is 0 Å². The molecular formula is C12H16O3S. The number of aliphatic carboxylic acids is 1. The monoisotopic (exact) mass is 240 g/mol. The lowest BCUT2D eigenvalue weighted by atomic mass is 9.83. The van der Waals surface area contributed by atoms with Gasteiger partial charge in [-0.15, -0.1) is 11.3 Å². The highest BCUT2D eigenvalue weighted by molar-refractivity contribution is 7.09. The van der Waals surface area contributed by atoms with E-state index in [1.165, 1.54) is 4.88 Å². The smallest absolute Gasteiger partial charge is 0.307 e. The van der Waals surface area contributed by atoms with Gasteiger partial charge in [0.05, 0.1) is 5.92 Å². The summed E-state index contributed by atoms with van der Waals surface area (Å²) in [6, 6.07) is 3.99. The summed E-state index contributed by atoms with van der Waals surface area (Å²) >= 11 is 1.64. The van der Waals surface area contributed by atoms with Gasteiger partial charge in [0.1, 0.15) is 0 Å². The molecule has 3 nitrogen and oxygen atoms in total. The number of carboxylic acids is 1. The zero-order valence-electron chi connectivity index (χ0n) is 9.09. The Bertz CT molecular complexity index is 328. The molecule has 0 saturated carbocycles. The molecule has 1 aromatic rings. The van der Waals surface area contributed by atoms with E-state index in [0.29, 0.717) is 19.6 Å². The fourth-order valence-corrected chi connectivity index (χ4v) is 2.98. The van der Waals surface area contributed by atoms with Crippen molar-refractivity contribution in [2.75, 3.05) is 13.2 Å². The van der Waals surface area contributed by atoms with E-state index in [2.05, 4.69) is 0 Å². The van der Waals surface area contributed by atoms with E-state index >= 15 is 0 Å². The SMILES string of the molecule is O=C(O)C(Cc1cccs1)C1CCOCC1. The van der Waals surface area contributed by atoms with Crippen LogP contribution in [0.2, 0.25) is 0 Å². The molecule has 4 heteroatoms. The quantitative estimate of drug-likeness (QED) is 0.879. The molecule has 16 heavy (non-hydrogen) atoms. The maximum Gasteiger partial charge on any atom is 0.307 e. The van der Waals surface area contributed by atoms with Crippen LogP contribution in [-0.2, 0) is 16.0 Å². The molecule has 2 heterocycles. The average Bonchev–Trinajstić information content (AvgIpc) is 2.79. The number of ether oxygens (including phenoxy) is 1. The molecular weight excluding hydrogens is 224 g/mol. The van der Waals surface area contributed by atoms with Gasteiger partial charge in [-0.05, 0) is 36.6 Å².